The molecule has 0 aliphatic rings. The lowest BCUT2D eigenvalue weighted by atomic mass is 10.1. The van der Waals surface area contributed by atoms with Gasteiger partial charge in [0.2, 0.25) is 5.91 Å². The van der Waals surface area contributed by atoms with E-state index in [4.69, 9.17) is 0 Å². The number of hydrogen-bond acceptors (Lipinski definition) is 2. The third kappa shape index (κ3) is 5.98. The monoisotopic (exact) mass is 292 g/mol. The summed E-state index contributed by atoms with van der Waals surface area (Å²) < 4.78 is 26.2. The number of benzene rings is 1. The zero-order valence-corrected chi connectivity index (χ0v) is 11.8. The Morgan fingerprint density at radius 1 is 1.37 bits per heavy atom. The Bertz CT molecular complexity index is 416. The first kappa shape index (κ1) is 17.8. The summed E-state index contributed by atoms with van der Waals surface area (Å²) in [6.07, 6.45) is 0.347. The molecular weight excluding hydrogens is 274 g/mol. The van der Waals surface area contributed by atoms with Crippen molar-refractivity contribution in [3.63, 3.8) is 0 Å². The van der Waals surface area contributed by atoms with Crippen LogP contribution in [0.2, 0.25) is 0 Å². The Morgan fingerprint density at radius 2 is 2.05 bits per heavy atom. The Kier molecular flexibility index (Phi) is 8.27. The standard InChI is InChI=1S/C13H18F2N2O.ClH/c1-9(16-2)8-17-12(18)7-6-10-4-3-5-11(14)13(10)15;/h3-5,9,16H,6-8H2,1-2H3,(H,17,18);1H. The molecule has 1 atom stereocenters. The molecule has 6 heteroatoms. The van der Waals surface area contributed by atoms with Crippen molar-refractivity contribution in [2.45, 2.75) is 25.8 Å². The number of likely N-dealkylation sites (N-methyl/N-ethyl adjacent to an activating group) is 1. The van der Waals surface area contributed by atoms with Gasteiger partial charge < -0.3 is 10.6 Å². The largest absolute Gasteiger partial charge is 0.355 e. The highest BCUT2D eigenvalue weighted by Crippen LogP contribution is 2.12. The van der Waals surface area contributed by atoms with E-state index in [1.807, 2.05) is 6.92 Å². The number of nitrogens with one attached hydrogen (secondary N) is 2. The summed E-state index contributed by atoms with van der Waals surface area (Å²) in [6, 6.07) is 4.17. The van der Waals surface area contributed by atoms with Crippen molar-refractivity contribution in [2.75, 3.05) is 13.6 Å². The minimum Gasteiger partial charge on any atom is -0.355 e. The average molecular weight is 293 g/mol. The van der Waals surface area contributed by atoms with Crippen LogP contribution >= 0.6 is 12.4 Å². The van der Waals surface area contributed by atoms with Crippen LogP contribution in [0.1, 0.15) is 18.9 Å². The molecule has 0 bridgehead atoms. The molecule has 0 spiro atoms. The zero-order valence-electron chi connectivity index (χ0n) is 11.0. The maximum absolute atomic E-state index is 13.3. The topological polar surface area (TPSA) is 41.1 Å². The van der Waals surface area contributed by atoms with E-state index >= 15 is 0 Å². The number of hydrogen-bond donors (Lipinski definition) is 2. The van der Waals surface area contributed by atoms with Gasteiger partial charge >= 0.3 is 0 Å². The van der Waals surface area contributed by atoms with E-state index in [0.29, 0.717) is 6.54 Å². The van der Waals surface area contributed by atoms with E-state index in [2.05, 4.69) is 10.6 Å². The van der Waals surface area contributed by atoms with E-state index in [-0.39, 0.29) is 42.8 Å². The van der Waals surface area contributed by atoms with Crippen LogP contribution in [0.3, 0.4) is 0 Å². The van der Waals surface area contributed by atoms with Gasteiger partial charge in [-0.3, -0.25) is 4.79 Å². The van der Waals surface area contributed by atoms with Crippen molar-refractivity contribution >= 4 is 18.3 Å². The van der Waals surface area contributed by atoms with Crippen LogP contribution in [0.4, 0.5) is 8.78 Å². The SMILES string of the molecule is CNC(C)CNC(=O)CCc1cccc(F)c1F.Cl. The van der Waals surface area contributed by atoms with Crippen molar-refractivity contribution < 1.29 is 13.6 Å². The fourth-order valence-electron chi connectivity index (χ4n) is 1.45. The predicted molar refractivity (Wildman–Crippen MR) is 73.5 cm³/mol. The molecule has 19 heavy (non-hydrogen) atoms. The molecular formula is C13H19ClF2N2O. The van der Waals surface area contributed by atoms with Crippen LogP contribution in [0.5, 0.6) is 0 Å². The fraction of sp³-hybridized carbons (Fsp3) is 0.462. The van der Waals surface area contributed by atoms with Crippen LogP contribution < -0.4 is 10.6 Å². The Labute approximate surface area is 118 Å². The van der Waals surface area contributed by atoms with Gasteiger partial charge in [0.15, 0.2) is 11.6 Å². The molecule has 1 amide bonds. The second kappa shape index (κ2) is 8.82. The summed E-state index contributed by atoms with van der Waals surface area (Å²) in [6.45, 7) is 2.45. The first-order chi connectivity index (χ1) is 8.54. The number of halogens is 3. The lowest BCUT2D eigenvalue weighted by Gasteiger charge is -2.11. The third-order valence-electron chi connectivity index (χ3n) is 2.75. The summed E-state index contributed by atoms with van der Waals surface area (Å²) in [4.78, 5) is 11.5. The van der Waals surface area contributed by atoms with Gasteiger partial charge in [-0.25, -0.2) is 8.78 Å². The van der Waals surface area contributed by atoms with Crippen molar-refractivity contribution in [2.24, 2.45) is 0 Å². The van der Waals surface area contributed by atoms with E-state index < -0.39 is 11.6 Å². The third-order valence-corrected chi connectivity index (χ3v) is 2.75. The number of rotatable bonds is 6. The van der Waals surface area contributed by atoms with E-state index in [1.165, 1.54) is 12.1 Å². The minimum atomic E-state index is -0.878. The molecule has 0 heterocycles. The summed E-state index contributed by atoms with van der Waals surface area (Å²) in [5, 5.41) is 5.71. The van der Waals surface area contributed by atoms with E-state index in [0.717, 1.165) is 6.07 Å². The molecule has 108 valence electrons. The molecule has 0 aliphatic heterocycles. The van der Waals surface area contributed by atoms with E-state index in [9.17, 15) is 13.6 Å². The summed E-state index contributed by atoms with van der Waals surface area (Å²) in [7, 11) is 1.80. The second-order valence-corrected chi connectivity index (χ2v) is 4.21. The molecule has 0 aliphatic carbocycles. The molecule has 0 aromatic heterocycles. The van der Waals surface area contributed by atoms with Gasteiger partial charge in [0.1, 0.15) is 0 Å². The normalized spacial score (nSPS) is 11.6. The Hall–Kier alpha value is -1.20. The predicted octanol–water partition coefficient (Wildman–Crippen LogP) is 2.04. The lowest BCUT2D eigenvalue weighted by molar-refractivity contribution is -0.121. The van der Waals surface area contributed by atoms with Gasteiger partial charge in [-0.2, -0.15) is 0 Å². The maximum atomic E-state index is 13.3. The fourth-order valence-corrected chi connectivity index (χ4v) is 1.45. The van der Waals surface area contributed by atoms with Crippen molar-refractivity contribution in [1.82, 2.24) is 10.6 Å². The molecule has 1 unspecified atom stereocenters. The molecule has 3 nitrogen and oxygen atoms in total. The van der Waals surface area contributed by atoms with Crippen LogP contribution in [-0.4, -0.2) is 25.5 Å². The van der Waals surface area contributed by atoms with Crippen LogP contribution in [0, 0.1) is 11.6 Å². The first-order valence-electron chi connectivity index (χ1n) is 5.91. The smallest absolute Gasteiger partial charge is 0.220 e. The van der Waals surface area contributed by atoms with E-state index in [1.54, 1.807) is 7.05 Å². The second-order valence-electron chi connectivity index (χ2n) is 4.21. The minimum absolute atomic E-state index is 0. The summed E-state index contributed by atoms with van der Waals surface area (Å²) in [5.41, 5.74) is 0.229. The quantitative estimate of drug-likeness (QED) is 0.842. The molecule has 0 saturated carbocycles. The molecule has 2 N–H and O–H groups in total. The Balaban J connectivity index is 0.00000324. The summed E-state index contributed by atoms with van der Waals surface area (Å²) in [5.74, 6) is -1.91. The van der Waals surface area contributed by atoms with Gasteiger partial charge in [0.25, 0.3) is 0 Å². The van der Waals surface area contributed by atoms with Crippen molar-refractivity contribution in [3.05, 3.63) is 35.4 Å². The molecule has 1 aromatic carbocycles. The molecule has 0 radical (unpaired) electrons. The first-order valence-corrected chi connectivity index (χ1v) is 5.91. The molecule has 1 rings (SSSR count). The summed E-state index contributed by atoms with van der Waals surface area (Å²) >= 11 is 0. The van der Waals surface area contributed by atoms with Crippen molar-refractivity contribution in [3.8, 4) is 0 Å². The number of carbonyl (C=O) groups excluding carboxylic acids is 1. The van der Waals surface area contributed by atoms with Gasteiger partial charge in [0.05, 0.1) is 0 Å². The Morgan fingerprint density at radius 3 is 2.68 bits per heavy atom. The molecule has 1 aromatic rings. The lowest BCUT2D eigenvalue weighted by Crippen LogP contribution is -2.37. The van der Waals surface area contributed by atoms with Gasteiger partial charge in [0, 0.05) is 19.0 Å². The number of amides is 1. The van der Waals surface area contributed by atoms with Crippen LogP contribution in [-0.2, 0) is 11.2 Å². The molecule has 0 fully saturated rings. The van der Waals surface area contributed by atoms with Crippen LogP contribution in [0.25, 0.3) is 0 Å². The maximum Gasteiger partial charge on any atom is 0.220 e. The van der Waals surface area contributed by atoms with Crippen molar-refractivity contribution in [1.29, 1.82) is 0 Å². The highest BCUT2D eigenvalue weighted by atomic mass is 35.5. The van der Waals surface area contributed by atoms with Gasteiger partial charge in [-0.1, -0.05) is 12.1 Å². The van der Waals surface area contributed by atoms with Gasteiger partial charge in [-0.15, -0.1) is 12.4 Å². The highest BCUT2D eigenvalue weighted by Gasteiger charge is 2.10. The highest BCUT2D eigenvalue weighted by molar-refractivity contribution is 5.85. The molecule has 0 saturated heterocycles. The number of carbonyl (C=O) groups is 1. The number of aryl methyl sites for hydroxylation is 1. The van der Waals surface area contributed by atoms with Crippen LogP contribution in [0.15, 0.2) is 18.2 Å². The average Bonchev–Trinajstić information content (AvgIpc) is 2.37. The zero-order chi connectivity index (χ0) is 13.5. The van der Waals surface area contributed by atoms with Gasteiger partial charge in [-0.05, 0) is 32.0 Å².